The summed E-state index contributed by atoms with van der Waals surface area (Å²) in [5.74, 6) is 0. The Morgan fingerprint density at radius 1 is 0.520 bits per heavy atom. The van der Waals surface area contributed by atoms with Crippen LogP contribution in [0.1, 0.15) is 110 Å². The minimum Gasteiger partial charge on any atom is -0.377 e. The van der Waals surface area contributed by atoms with Crippen LogP contribution in [0.25, 0.3) is 0 Å². The predicted molar refractivity (Wildman–Crippen MR) is 111 cm³/mol. The Labute approximate surface area is 159 Å². The fraction of sp³-hybridized carbons (Fsp3) is 1.00. The molecule has 0 fully saturated rings. The van der Waals surface area contributed by atoms with Crippen LogP contribution < -0.4 is 0 Å². The van der Waals surface area contributed by atoms with E-state index in [1.165, 1.54) is 96.3 Å². The molecule has 0 heterocycles. The largest absolute Gasteiger partial charge is 0.497 e. The van der Waals surface area contributed by atoms with E-state index in [9.17, 15) is 0 Å². The second-order valence-corrected chi connectivity index (χ2v) is 10.3. The van der Waals surface area contributed by atoms with Gasteiger partial charge in [-0.3, -0.25) is 0 Å². The zero-order valence-electron chi connectivity index (χ0n) is 17.7. The molecule has 0 aromatic rings. The van der Waals surface area contributed by atoms with Gasteiger partial charge < -0.3 is 13.3 Å². The zero-order valence-corrected chi connectivity index (χ0v) is 18.7. The summed E-state index contributed by atoms with van der Waals surface area (Å²) in [7, 11) is 1.03. The average Bonchev–Trinajstić information content (AvgIpc) is 2.64. The summed E-state index contributed by atoms with van der Waals surface area (Å²) >= 11 is 0. The molecular weight excluding hydrogens is 328 g/mol. The first-order chi connectivity index (χ1) is 12.2. The number of hydrogen-bond donors (Lipinski definition) is 0. The molecule has 0 saturated carbocycles. The molecule has 0 unspecified atom stereocenters. The highest BCUT2D eigenvalue weighted by atomic mass is 28.4. The van der Waals surface area contributed by atoms with E-state index >= 15 is 0 Å². The van der Waals surface area contributed by atoms with E-state index in [0.29, 0.717) is 0 Å². The first-order valence-electron chi connectivity index (χ1n) is 10.9. The lowest BCUT2D eigenvalue weighted by molar-refractivity contribution is 0.104. The molecule has 0 atom stereocenters. The number of unbranched alkanes of at least 4 members (excludes halogenated alkanes) is 15. The lowest BCUT2D eigenvalue weighted by atomic mass is 10.0. The van der Waals surface area contributed by atoms with Crippen LogP contribution in [0.5, 0.6) is 0 Å². The fourth-order valence-electron chi connectivity index (χ4n) is 3.11. The molecule has 3 nitrogen and oxygen atoms in total. The van der Waals surface area contributed by atoms with Crippen molar-refractivity contribution in [3.8, 4) is 0 Å². The van der Waals surface area contributed by atoms with Crippen LogP contribution in [0.4, 0.5) is 0 Å². The molecule has 25 heavy (non-hydrogen) atoms. The summed E-state index contributed by atoms with van der Waals surface area (Å²) in [4.78, 5) is 0. The average molecular weight is 375 g/mol. The molecule has 0 aromatic heterocycles. The van der Waals surface area contributed by atoms with Gasteiger partial charge in [0.15, 0.2) is 0 Å². The van der Waals surface area contributed by atoms with Crippen molar-refractivity contribution >= 4 is 8.80 Å². The predicted octanol–water partition coefficient (Wildman–Crippen LogP) is 7.13. The highest BCUT2D eigenvalue weighted by Gasteiger charge is 2.31. The van der Waals surface area contributed by atoms with Crippen LogP contribution in [-0.2, 0) is 13.3 Å². The molecule has 0 rings (SSSR count). The first kappa shape index (κ1) is 25.1. The summed E-state index contributed by atoms with van der Waals surface area (Å²) in [6, 6.07) is 0. The Morgan fingerprint density at radius 2 is 0.840 bits per heavy atom. The molecule has 0 aromatic carbocycles. The second kappa shape index (κ2) is 18.9. The topological polar surface area (TPSA) is 27.7 Å². The second-order valence-electron chi connectivity index (χ2n) is 7.42. The Morgan fingerprint density at radius 3 is 1.16 bits per heavy atom. The van der Waals surface area contributed by atoms with Crippen LogP contribution >= 0.6 is 0 Å². The smallest absolute Gasteiger partial charge is 0.377 e. The highest BCUT2D eigenvalue weighted by Crippen LogP contribution is 2.14. The van der Waals surface area contributed by atoms with Crippen LogP contribution in [0.2, 0.25) is 6.55 Å². The van der Waals surface area contributed by atoms with Crippen LogP contribution in [-0.4, -0.2) is 29.6 Å². The summed E-state index contributed by atoms with van der Waals surface area (Å²) in [6.45, 7) is 5.00. The van der Waals surface area contributed by atoms with E-state index in [1.54, 1.807) is 14.2 Å². The zero-order chi connectivity index (χ0) is 18.6. The molecule has 0 bridgehead atoms. The summed E-state index contributed by atoms with van der Waals surface area (Å²) < 4.78 is 16.4. The molecule has 0 amide bonds. The van der Waals surface area contributed by atoms with Gasteiger partial charge in [0, 0.05) is 27.4 Å². The van der Waals surface area contributed by atoms with Crippen molar-refractivity contribution < 1.29 is 13.3 Å². The molecule has 0 N–H and O–H groups in total. The lowest BCUT2D eigenvalue weighted by Crippen LogP contribution is -2.40. The van der Waals surface area contributed by atoms with Crippen molar-refractivity contribution in [2.45, 2.75) is 116 Å². The third-order valence-corrected chi connectivity index (χ3v) is 7.32. The van der Waals surface area contributed by atoms with Gasteiger partial charge in [-0.25, -0.2) is 0 Å². The Hall–Kier alpha value is 0.0969. The van der Waals surface area contributed by atoms with E-state index < -0.39 is 8.80 Å². The van der Waals surface area contributed by atoms with E-state index in [-0.39, 0.29) is 0 Å². The third kappa shape index (κ3) is 17.3. The third-order valence-electron chi connectivity index (χ3n) is 5.10. The van der Waals surface area contributed by atoms with Crippen molar-refractivity contribution in [1.82, 2.24) is 0 Å². The Balaban J connectivity index is 3.12. The summed E-state index contributed by atoms with van der Waals surface area (Å²) in [5, 5.41) is 0. The molecule has 0 saturated heterocycles. The fourth-order valence-corrected chi connectivity index (χ4v) is 4.03. The molecule has 0 aliphatic heterocycles. The van der Waals surface area contributed by atoms with Gasteiger partial charge in [0.05, 0.1) is 0 Å². The quantitative estimate of drug-likeness (QED) is 0.168. The van der Waals surface area contributed by atoms with Crippen molar-refractivity contribution in [2.75, 3.05) is 20.8 Å². The van der Waals surface area contributed by atoms with E-state index in [4.69, 9.17) is 13.3 Å². The minimum atomic E-state index is -2.31. The van der Waals surface area contributed by atoms with Gasteiger partial charge in [0.25, 0.3) is 0 Å². The molecule has 0 aliphatic rings. The molecule has 152 valence electrons. The van der Waals surface area contributed by atoms with Gasteiger partial charge >= 0.3 is 8.80 Å². The summed E-state index contributed by atoms with van der Waals surface area (Å²) in [6.07, 6.45) is 22.3. The van der Waals surface area contributed by atoms with Crippen LogP contribution in [0, 0.1) is 0 Å². The standard InChI is InChI=1S/C21H46O3Si/c1-5-6-7-8-9-10-11-12-13-14-15-16-17-18-19-20-21-24-25(4,22-2)23-3/h5-21H2,1-4H3. The van der Waals surface area contributed by atoms with Gasteiger partial charge in [0.2, 0.25) is 0 Å². The van der Waals surface area contributed by atoms with Crippen molar-refractivity contribution in [2.24, 2.45) is 0 Å². The van der Waals surface area contributed by atoms with Crippen molar-refractivity contribution in [1.29, 1.82) is 0 Å². The summed E-state index contributed by atoms with van der Waals surface area (Å²) in [5.41, 5.74) is 0. The van der Waals surface area contributed by atoms with Gasteiger partial charge in [-0.15, -0.1) is 0 Å². The molecule has 0 spiro atoms. The normalized spacial score (nSPS) is 12.0. The lowest BCUT2D eigenvalue weighted by Gasteiger charge is -2.21. The minimum absolute atomic E-state index is 0.767. The van der Waals surface area contributed by atoms with Crippen molar-refractivity contribution in [3.63, 3.8) is 0 Å². The van der Waals surface area contributed by atoms with Crippen molar-refractivity contribution in [3.05, 3.63) is 0 Å². The Bertz CT molecular complexity index is 258. The number of rotatable bonds is 20. The Kier molecular flexibility index (Phi) is 18.9. The van der Waals surface area contributed by atoms with Gasteiger partial charge in [-0.1, -0.05) is 103 Å². The SMILES string of the molecule is CCCCCCCCCCCCCCCCCCO[Si](C)(OC)OC. The molecule has 0 aliphatic carbocycles. The van der Waals surface area contributed by atoms with Gasteiger partial charge in [0.1, 0.15) is 0 Å². The van der Waals surface area contributed by atoms with Gasteiger partial charge in [-0.05, 0) is 6.42 Å². The molecule has 0 radical (unpaired) electrons. The molecule has 4 heteroatoms. The number of hydrogen-bond acceptors (Lipinski definition) is 3. The maximum absolute atomic E-state index is 5.74. The maximum atomic E-state index is 5.74. The van der Waals surface area contributed by atoms with E-state index in [0.717, 1.165) is 13.0 Å². The first-order valence-corrected chi connectivity index (χ1v) is 13.1. The highest BCUT2D eigenvalue weighted by molar-refractivity contribution is 6.59. The van der Waals surface area contributed by atoms with Gasteiger partial charge in [-0.2, -0.15) is 0 Å². The van der Waals surface area contributed by atoms with E-state index in [2.05, 4.69) is 6.92 Å². The monoisotopic (exact) mass is 374 g/mol. The van der Waals surface area contributed by atoms with Crippen LogP contribution in [0.15, 0.2) is 0 Å². The molecular formula is C21H46O3Si. The van der Waals surface area contributed by atoms with E-state index in [1.807, 2.05) is 6.55 Å². The maximum Gasteiger partial charge on any atom is 0.497 e. The van der Waals surface area contributed by atoms with Crippen LogP contribution in [0.3, 0.4) is 0 Å².